The Bertz CT molecular complexity index is 1010. The zero-order valence-corrected chi connectivity index (χ0v) is 18.4. The van der Waals surface area contributed by atoms with Crippen LogP contribution in [-0.4, -0.2) is 44.8 Å². The summed E-state index contributed by atoms with van der Waals surface area (Å²) in [6.45, 7) is 6.47. The SMILES string of the molecule is COCCN1C(=S)N[C@@H](c2ccccn2)[C@H]1c1cc(C)n(Cc2cccnc2)c1C. The summed E-state index contributed by atoms with van der Waals surface area (Å²) in [5.41, 5.74) is 5.88. The van der Waals surface area contributed by atoms with Gasteiger partial charge in [0.15, 0.2) is 5.11 Å². The van der Waals surface area contributed by atoms with Crippen molar-refractivity contribution in [3.8, 4) is 0 Å². The van der Waals surface area contributed by atoms with Gasteiger partial charge in [-0.05, 0) is 61.5 Å². The number of methoxy groups -OCH3 is 1. The molecule has 0 radical (unpaired) electrons. The molecule has 0 saturated carbocycles. The van der Waals surface area contributed by atoms with Crippen molar-refractivity contribution in [3.05, 3.63) is 83.2 Å². The van der Waals surface area contributed by atoms with Crippen LogP contribution < -0.4 is 5.32 Å². The van der Waals surface area contributed by atoms with Crippen molar-refractivity contribution in [2.24, 2.45) is 0 Å². The van der Waals surface area contributed by atoms with E-state index in [2.05, 4.69) is 56.8 Å². The topological polar surface area (TPSA) is 55.2 Å². The molecule has 1 fully saturated rings. The molecule has 7 heteroatoms. The molecule has 1 aliphatic rings. The Morgan fingerprint density at radius 2 is 2.03 bits per heavy atom. The molecule has 0 amide bonds. The van der Waals surface area contributed by atoms with Crippen molar-refractivity contribution in [3.63, 3.8) is 0 Å². The highest BCUT2D eigenvalue weighted by atomic mass is 32.1. The number of hydrogen-bond acceptors (Lipinski definition) is 4. The van der Waals surface area contributed by atoms with Gasteiger partial charge >= 0.3 is 0 Å². The highest BCUT2D eigenvalue weighted by Gasteiger charge is 2.41. The summed E-state index contributed by atoms with van der Waals surface area (Å²) >= 11 is 5.71. The quantitative estimate of drug-likeness (QED) is 0.589. The van der Waals surface area contributed by atoms with Crippen LogP contribution in [0.1, 0.15) is 40.3 Å². The Hall–Kier alpha value is -2.77. The first-order chi connectivity index (χ1) is 14.6. The lowest BCUT2D eigenvalue weighted by atomic mass is 9.97. The molecule has 30 heavy (non-hydrogen) atoms. The molecule has 156 valence electrons. The van der Waals surface area contributed by atoms with E-state index in [1.807, 2.05) is 30.6 Å². The van der Waals surface area contributed by atoms with Crippen molar-refractivity contribution in [2.75, 3.05) is 20.3 Å². The second-order valence-corrected chi connectivity index (χ2v) is 7.97. The molecule has 0 unspecified atom stereocenters. The minimum absolute atomic E-state index is 0.0112. The minimum Gasteiger partial charge on any atom is -0.383 e. The fraction of sp³-hybridized carbons (Fsp3) is 0.348. The van der Waals surface area contributed by atoms with E-state index >= 15 is 0 Å². The van der Waals surface area contributed by atoms with Crippen molar-refractivity contribution in [2.45, 2.75) is 32.5 Å². The van der Waals surface area contributed by atoms with Gasteiger partial charge in [-0.15, -0.1) is 0 Å². The molecule has 2 atom stereocenters. The summed E-state index contributed by atoms with van der Waals surface area (Å²) in [6, 6.07) is 12.4. The number of rotatable bonds is 7. The average molecular weight is 422 g/mol. The molecule has 6 nitrogen and oxygen atoms in total. The van der Waals surface area contributed by atoms with Crippen molar-refractivity contribution in [1.29, 1.82) is 0 Å². The van der Waals surface area contributed by atoms with E-state index in [1.54, 1.807) is 13.3 Å². The first kappa shape index (κ1) is 20.5. The van der Waals surface area contributed by atoms with E-state index in [0.717, 1.165) is 23.9 Å². The lowest BCUT2D eigenvalue weighted by Crippen LogP contribution is -2.32. The molecular formula is C23H27N5OS. The minimum atomic E-state index is -0.0112. The maximum absolute atomic E-state index is 5.71. The first-order valence-electron chi connectivity index (χ1n) is 10.1. The maximum Gasteiger partial charge on any atom is 0.170 e. The van der Waals surface area contributed by atoms with Gasteiger partial charge in [0.2, 0.25) is 0 Å². The molecule has 3 aromatic rings. The van der Waals surface area contributed by atoms with Crippen LogP contribution >= 0.6 is 12.2 Å². The summed E-state index contributed by atoms with van der Waals surface area (Å²) < 4.78 is 7.70. The first-order valence-corrected chi connectivity index (χ1v) is 10.5. The summed E-state index contributed by atoms with van der Waals surface area (Å²) in [5.74, 6) is 0. The Balaban J connectivity index is 1.74. The molecule has 4 heterocycles. The predicted octanol–water partition coefficient (Wildman–Crippen LogP) is 3.56. The molecule has 0 aliphatic carbocycles. The fourth-order valence-corrected chi connectivity index (χ4v) is 4.55. The fourth-order valence-electron chi connectivity index (χ4n) is 4.22. The number of aromatic nitrogens is 3. The molecule has 0 spiro atoms. The lowest BCUT2D eigenvalue weighted by Gasteiger charge is -2.28. The molecular weight excluding hydrogens is 394 g/mol. The lowest BCUT2D eigenvalue weighted by molar-refractivity contribution is 0.164. The van der Waals surface area contributed by atoms with Crippen molar-refractivity contribution < 1.29 is 4.74 Å². The molecule has 1 saturated heterocycles. The smallest absolute Gasteiger partial charge is 0.170 e. The van der Waals surface area contributed by atoms with Crippen LogP contribution in [0.3, 0.4) is 0 Å². The highest BCUT2D eigenvalue weighted by Crippen LogP contribution is 2.40. The maximum atomic E-state index is 5.71. The van der Waals surface area contributed by atoms with Crippen LogP contribution in [0.15, 0.2) is 55.0 Å². The summed E-state index contributed by atoms with van der Waals surface area (Å²) in [5, 5.41) is 4.24. The number of nitrogens with zero attached hydrogens (tertiary/aromatic N) is 4. The number of pyridine rings is 2. The number of nitrogens with one attached hydrogen (secondary N) is 1. The van der Waals surface area contributed by atoms with E-state index in [1.165, 1.54) is 22.5 Å². The second kappa shape index (κ2) is 8.93. The van der Waals surface area contributed by atoms with E-state index in [4.69, 9.17) is 17.0 Å². The largest absolute Gasteiger partial charge is 0.383 e. The van der Waals surface area contributed by atoms with Gasteiger partial charge in [-0.1, -0.05) is 12.1 Å². The third-order valence-electron chi connectivity index (χ3n) is 5.73. The van der Waals surface area contributed by atoms with Crippen LogP contribution in [0.2, 0.25) is 0 Å². The number of aryl methyl sites for hydroxylation is 1. The average Bonchev–Trinajstić information content (AvgIpc) is 3.24. The van der Waals surface area contributed by atoms with Gasteiger partial charge in [0.05, 0.1) is 24.4 Å². The summed E-state index contributed by atoms with van der Waals surface area (Å²) in [7, 11) is 1.72. The Labute approximate surface area is 182 Å². The number of thiocarbonyl (C=S) groups is 1. The van der Waals surface area contributed by atoms with Crippen LogP contribution in [0.25, 0.3) is 0 Å². The van der Waals surface area contributed by atoms with Crippen molar-refractivity contribution in [1.82, 2.24) is 24.8 Å². The Morgan fingerprint density at radius 3 is 2.73 bits per heavy atom. The molecule has 3 aromatic heterocycles. The molecule has 1 aliphatic heterocycles. The highest BCUT2D eigenvalue weighted by molar-refractivity contribution is 7.80. The van der Waals surface area contributed by atoms with Crippen LogP contribution in [0.5, 0.6) is 0 Å². The van der Waals surface area contributed by atoms with Gasteiger partial charge in [-0.2, -0.15) is 0 Å². The molecule has 0 bridgehead atoms. The van der Waals surface area contributed by atoms with E-state index in [0.29, 0.717) is 6.61 Å². The van der Waals surface area contributed by atoms with E-state index < -0.39 is 0 Å². The normalized spacial score (nSPS) is 18.6. The summed E-state index contributed by atoms with van der Waals surface area (Å²) in [6.07, 6.45) is 5.56. The van der Waals surface area contributed by atoms with E-state index in [9.17, 15) is 0 Å². The monoisotopic (exact) mass is 421 g/mol. The molecule has 4 rings (SSSR count). The van der Waals surface area contributed by atoms with Gasteiger partial charge in [0.25, 0.3) is 0 Å². The van der Waals surface area contributed by atoms with Gasteiger partial charge in [-0.3, -0.25) is 9.97 Å². The van der Waals surface area contributed by atoms with Crippen LogP contribution in [0, 0.1) is 13.8 Å². The van der Waals surface area contributed by atoms with Gasteiger partial charge in [-0.25, -0.2) is 0 Å². The predicted molar refractivity (Wildman–Crippen MR) is 121 cm³/mol. The summed E-state index contributed by atoms with van der Waals surface area (Å²) in [4.78, 5) is 11.1. The van der Waals surface area contributed by atoms with Gasteiger partial charge in [0, 0.05) is 50.2 Å². The Kier molecular flexibility index (Phi) is 6.11. The zero-order valence-electron chi connectivity index (χ0n) is 17.6. The standard InChI is InChI=1S/C23H27N5OS/c1-16-13-19(17(2)28(16)15-18-7-6-9-24-14-18)22-21(20-8-4-5-10-25-20)26-23(30)27(22)11-12-29-3/h4-10,13-14,21-22H,11-12,15H2,1-3H3,(H,26,30)/t21-,22+/m0/s1. The van der Waals surface area contributed by atoms with Gasteiger partial charge in [0.1, 0.15) is 0 Å². The third kappa shape index (κ3) is 3.95. The van der Waals surface area contributed by atoms with Gasteiger partial charge < -0.3 is 19.5 Å². The second-order valence-electron chi connectivity index (χ2n) is 7.59. The molecule has 0 aromatic carbocycles. The van der Waals surface area contributed by atoms with Crippen molar-refractivity contribution >= 4 is 17.3 Å². The number of ether oxygens (including phenoxy) is 1. The van der Waals surface area contributed by atoms with Crippen LogP contribution in [-0.2, 0) is 11.3 Å². The van der Waals surface area contributed by atoms with E-state index in [-0.39, 0.29) is 12.1 Å². The third-order valence-corrected chi connectivity index (χ3v) is 6.08. The number of hydrogen-bond donors (Lipinski definition) is 1. The Morgan fingerprint density at radius 1 is 1.17 bits per heavy atom. The van der Waals surface area contributed by atoms with Crippen LogP contribution in [0.4, 0.5) is 0 Å². The zero-order chi connectivity index (χ0) is 21.1. The molecule has 1 N–H and O–H groups in total.